The maximum atomic E-state index is 14.3. The van der Waals surface area contributed by atoms with Gasteiger partial charge in [-0.3, -0.25) is 28.5 Å². The van der Waals surface area contributed by atoms with Crippen molar-refractivity contribution in [2.24, 2.45) is 0 Å². The van der Waals surface area contributed by atoms with Crippen LogP contribution in [0.2, 0.25) is 0 Å². The molecule has 0 radical (unpaired) electrons. The Morgan fingerprint density at radius 2 is 1.56 bits per heavy atom. The molecule has 1 aliphatic heterocycles. The molecule has 1 saturated heterocycles. The zero-order chi connectivity index (χ0) is 32.8. The van der Waals surface area contributed by atoms with E-state index in [1.54, 1.807) is 0 Å². The highest BCUT2D eigenvalue weighted by Gasteiger charge is 2.55. The van der Waals surface area contributed by atoms with Crippen LogP contribution in [-0.2, 0) is 32.9 Å². The minimum atomic E-state index is -4.35. The molecule has 3 fully saturated rings. The zero-order valence-corrected chi connectivity index (χ0v) is 26.6. The van der Waals surface area contributed by atoms with Crippen molar-refractivity contribution in [2.45, 2.75) is 126 Å². The fraction of sp³-hybridized carbons (Fsp3) is 0.724. The first kappa shape index (κ1) is 35.2. The average molecular weight is 657 g/mol. The molecule has 3 aliphatic rings. The molecule has 16 heteroatoms. The monoisotopic (exact) mass is 656 g/mol. The van der Waals surface area contributed by atoms with Gasteiger partial charge in [0.25, 0.3) is 5.56 Å². The van der Waals surface area contributed by atoms with Crippen LogP contribution in [0.5, 0.6) is 0 Å². The molecule has 252 valence electrons. The molecule has 0 aromatic carbocycles. The molecule has 0 unspecified atom stereocenters. The predicted octanol–water partition coefficient (Wildman–Crippen LogP) is 1.54. The van der Waals surface area contributed by atoms with Crippen molar-refractivity contribution in [2.75, 3.05) is 6.61 Å². The molecule has 2 saturated carbocycles. The third-order valence-electron chi connectivity index (χ3n) is 8.50. The molecule has 5 N–H and O–H groups in total. The maximum absolute atomic E-state index is 14.3. The number of aromatic amines is 1. The molecule has 2 heterocycles. The lowest BCUT2D eigenvalue weighted by atomic mass is 9.96. The summed E-state index contributed by atoms with van der Waals surface area (Å²) in [4.78, 5) is 51.8. The van der Waals surface area contributed by atoms with E-state index in [1.165, 1.54) is 13.8 Å². The number of nitrogens with zero attached hydrogens (tertiary/aromatic N) is 1. The number of hydrogen-bond acceptors (Lipinski definition) is 11. The average Bonchev–Trinajstić information content (AvgIpc) is 3.26. The number of ether oxygens (including phenoxy) is 3. The van der Waals surface area contributed by atoms with Crippen molar-refractivity contribution in [1.82, 2.24) is 19.7 Å². The van der Waals surface area contributed by atoms with Gasteiger partial charge in [0.05, 0.1) is 6.61 Å². The number of rotatable bonds is 13. The maximum Gasteiger partial charge on any atom is 0.342 e. The zero-order valence-electron chi connectivity index (χ0n) is 25.7. The van der Waals surface area contributed by atoms with Crippen LogP contribution in [0.25, 0.3) is 0 Å². The second kappa shape index (κ2) is 15.3. The number of aliphatic hydroxyl groups excluding tert-OH is 2. The minimum absolute atomic E-state index is 0.256. The summed E-state index contributed by atoms with van der Waals surface area (Å²) in [6.07, 6.45) is 5.62. The molecular weight excluding hydrogens is 611 g/mol. The number of nitrogens with one attached hydrogen (secondary N) is 3. The van der Waals surface area contributed by atoms with Crippen LogP contribution in [-0.4, -0.2) is 80.4 Å². The standard InChI is InChI=1S/C29H45N4O11P/c1-4-29(24(36)23(35)25(44-29)33-16-15-22(34)30-28(33)39)17-41-45(40,31-18(2)26(37)42-20-11-7-5-8-12-20)32-19(3)27(38)43-21-13-9-6-10-14-21/h4,15-16,18-21,23-25,35-36H,1,5-14,17H2,2-3H3,(H,30,34,39)(H2,31,32,40)/t18-,19-,23+,24-,25+,29+/m0/s1. The van der Waals surface area contributed by atoms with Gasteiger partial charge in [-0.05, 0) is 65.2 Å². The van der Waals surface area contributed by atoms with Crippen molar-refractivity contribution in [3.05, 3.63) is 45.8 Å². The Morgan fingerprint density at radius 1 is 1.04 bits per heavy atom. The van der Waals surface area contributed by atoms with Gasteiger partial charge in [-0.2, -0.15) is 0 Å². The second-order valence-corrected chi connectivity index (χ2v) is 13.9. The third kappa shape index (κ3) is 8.79. The number of hydrogen-bond donors (Lipinski definition) is 5. The van der Waals surface area contributed by atoms with E-state index in [4.69, 9.17) is 18.7 Å². The Labute approximate surface area is 261 Å². The van der Waals surface area contributed by atoms with Crippen LogP contribution in [0.15, 0.2) is 34.5 Å². The summed E-state index contributed by atoms with van der Waals surface area (Å²) in [6, 6.07) is -1.24. The highest BCUT2D eigenvalue weighted by atomic mass is 31.2. The van der Waals surface area contributed by atoms with Crippen LogP contribution in [0.1, 0.15) is 84.3 Å². The van der Waals surface area contributed by atoms with Crippen molar-refractivity contribution < 1.29 is 43.1 Å². The van der Waals surface area contributed by atoms with Gasteiger partial charge in [0, 0.05) is 12.3 Å². The van der Waals surface area contributed by atoms with E-state index in [1.807, 2.05) is 4.98 Å². The quantitative estimate of drug-likeness (QED) is 0.116. The van der Waals surface area contributed by atoms with E-state index >= 15 is 0 Å². The summed E-state index contributed by atoms with van der Waals surface area (Å²) in [7, 11) is -4.35. The van der Waals surface area contributed by atoms with Crippen LogP contribution < -0.4 is 21.4 Å². The number of H-pyrrole nitrogens is 1. The highest BCUT2D eigenvalue weighted by Crippen LogP contribution is 2.44. The van der Waals surface area contributed by atoms with Crippen molar-refractivity contribution in [3.8, 4) is 0 Å². The normalized spacial score (nSPS) is 27.9. The van der Waals surface area contributed by atoms with Crippen LogP contribution in [0.3, 0.4) is 0 Å². The first-order valence-electron chi connectivity index (χ1n) is 15.6. The SMILES string of the molecule is C=C[C@]1(COP(=O)(N[C@@H](C)C(=O)OC2CCCCC2)N[C@@H](C)C(=O)OC2CCCCC2)O[C@@H](n2ccc(=O)[nH]c2=O)[C@H](O)[C@@H]1O. The molecule has 2 aliphatic carbocycles. The Bertz CT molecular complexity index is 1310. The van der Waals surface area contributed by atoms with Gasteiger partial charge in [-0.25, -0.2) is 15.0 Å². The summed E-state index contributed by atoms with van der Waals surface area (Å²) in [6.45, 7) is 5.86. The summed E-state index contributed by atoms with van der Waals surface area (Å²) < 4.78 is 38.0. The lowest BCUT2D eigenvalue weighted by molar-refractivity contribution is -0.152. The minimum Gasteiger partial charge on any atom is -0.461 e. The van der Waals surface area contributed by atoms with Gasteiger partial charge >= 0.3 is 25.3 Å². The first-order chi connectivity index (χ1) is 21.4. The predicted molar refractivity (Wildman–Crippen MR) is 161 cm³/mol. The Kier molecular flexibility index (Phi) is 12.0. The molecule has 0 spiro atoms. The van der Waals surface area contributed by atoms with E-state index in [9.17, 15) is 34.0 Å². The number of esters is 2. The third-order valence-corrected chi connectivity index (χ3v) is 10.5. The van der Waals surface area contributed by atoms with Crippen LogP contribution in [0, 0.1) is 0 Å². The van der Waals surface area contributed by atoms with Gasteiger partial charge in [0.2, 0.25) is 0 Å². The summed E-state index contributed by atoms with van der Waals surface area (Å²) in [5.41, 5.74) is -3.48. The van der Waals surface area contributed by atoms with E-state index in [0.29, 0.717) is 0 Å². The van der Waals surface area contributed by atoms with E-state index in [2.05, 4.69) is 16.8 Å². The fourth-order valence-electron chi connectivity index (χ4n) is 5.82. The summed E-state index contributed by atoms with van der Waals surface area (Å²) >= 11 is 0. The molecule has 1 aromatic heterocycles. The topological polar surface area (TPSA) is 208 Å². The van der Waals surface area contributed by atoms with E-state index < -0.39 is 73.6 Å². The number of carbonyl (C=O) groups excluding carboxylic acids is 2. The van der Waals surface area contributed by atoms with E-state index in [0.717, 1.165) is 87.1 Å². The van der Waals surface area contributed by atoms with Gasteiger partial charge in [-0.1, -0.05) is 18.9 Å². The van der Waals surface area contributed by atoms with Crippen molar-refractivity contribution in [3.63, 3.8) is 0 Å². The summed E-state index contributed by atoms with van der Waals surface area (Å²) in [5, 5.41) is 27.1. The Hall–Kier alpha value is -2.65. The van der Waals surface area contributed by atoms with Crippen molar-refractivity contribution >= 4 is 19.6 Å². The molecule has 4 rings (SSSR count). The van der Waals surface area contributed by atoms with Gasteiger partial charge < -0.3 is 28.9 Å². The lowest BCUT2D eigenvalue weighted by Crippen LogP contribution is -2.48. The number of aromatic nitrogens is 2. The number of aliphatic hydroxyl groups is 2. The fourth-order valence-corrected chi connectivity index (χ4v) is 7.66. The highest BCUT2D eigenvalue weighted by molar-refractivity contribution is 7.54. The molecule has 15 nitrogen and oxygen atoms in total. The smallest absolute Gasteiger partial charge is 0.342 e. The van der Waals surface area contributed by atoms with Crippen LogP contribution in [0.4, 0.5) is 0 Å². The summed E-state index contributed by atoms with van der Waals surface area (Å²) in [5.74, 6) is -1.32. The molecule has 0 bridgehead atoms. The molecule has 1 aromatic rings. The first-order valence-corrected chi connectivity index (χ1v) is 17.2. The second-order valence-electron chi connectivity index (χ2n) is 12.0. The largest absolute Gasteiger partial charge is 0.461 e. The van der Waals surface area contributed by atoms with Gasteiger partial charge in [0.1, 0.15) is 42.1 Å². The van der Waals surface area contributed by atoms with Crippen molar-refractivity contribution in [1.29, 1.82) is 0 Å². The number of carbonyl (C=O) groups is 2. The Morgan fingerprint density at radius 3 is 2.02 bits per heavy atom. The molecular formula is C29H45N4O11P. The van der Waals surface area contributed by atoms with Gasteiger partial charge in [-0.15, -0.1) is 6.58 Å². The lowest BCUT2D eigenvalue weighted by Gasteiger charge is -2.32. The molecule has 6 atom stereocenters. The molecule has 45 heavy (non-hydrogen) atoms. The van der Waals surface area contributed by atoms with E-state index in [-0.39, 0.29) is 12.2 Å². The molecule has 0 amide bonds. The van der Waals surface area contributed by atoms with Gasteiger partial charge in [0.15, 0.2) is 6.23 Å². The van der Waals surface area contributed by atoms with Crippen LogP contribution >= 0.6 is 7.67 Å². The Balaban J connectivity index is 1.51.